The van der Waals surface area contributed by atoms with E-state index in [-0.39, 0.29) is 18.6 Å². The van der Waals surface area contributed by atoms with Gasteiger partial charge >= 0.3 is 5.97 Å². The number of nitrogens with zero attached hydrogens (tertiary/aromatic N) is 2. The second-order valence-corrected chi connectivity index (χ2v) is 8.79. The second kappa shape index (κ2) is 11.7. The predicted octanol–water partition coefficient (Wildman–Crippen LogP) is 1.55. The number of anilines is 1. The Hall–Kier alpha value is -2.07. The number of hydrogen-bond donors (Lipinski definition) is 3. The molecule has 1 atom stereocenters. The van der Waals surface area contributed by atoms with E-state index in [1.54, 1.807) is 6.07 Å². The minimum atomic E-state index is -0.767. The van der Waals surface area contributed by atoms with Crippen molar-refractivity contribution in [3.05, 3.63) is 22.7 Å². The molecule has 2 fully saturated rings. The van der Waals surface area contributed by atoms with Crippen LogP contribution in [0.5, 0.6) is 5.75 Å². The van der Waals surface area contributed by atoms with Gasteiger partial charge in [-0.25, -0.2) is 0 Å². The van der Waals surface area contributed by atoms with Gasteiger partial charge in [0.2, 0.25) is 0 Å². The highest BCUT2D eigenvalue weighted by atomic mass is 35.5. The molecule has 0 aliphatic carbocycles. The van der Waals surface area contributed by atoms with Crippen molar-refractivity contribution in [2.75, 3.05) is 64.8 Å². The van der Waals surface area contributed by atoms with Gasteiger partial charge < -0.3 is 25.6 Å². The molecular formula is C22H33ClN4O5. The van der Waals surface area contributed by atoms with Gasteiger partial charge in [0.05, 0.1) is 42.1 Å². The summed E-state index contributed by atoms with van der Waals surface area (Å²) in [6.45, 7) is 7.62. The van der Waals surface area contributed by atoms with E-state index < -0.39 is 5.97 Å². The lowest BCUT2D eigenvalue weighted by atomic mass is 9.96. The Morgan fingerprint density at radius 1 is 1.28 bits per heavy atom. The van der Waals surface area contributed by atoms with Crippen LogP contribution in [0.25, 0.3) is 0 Å². The molecule has 1 amide bonds. The fourth-order valence-corrected chi connectivity index (χ4v) is 4.44. The number of nitrogens with two attached hydrogens (primary N) is 1. The molecule has 1 aromatic rings. The van der Waals surface area contributed by atoms with E-state index in [1.165, 1.54) is 6.07 Å². The molecule has 2 aliphatic rings. The van der Waals surface area contributed by atoms with Gasteiger partial charge in [-0.05, 0) is 44.8 Å². The molecule has 3 rings (SSSR count). The summed E-state index contributed by atoms with van der Waals surface area (Å²) in [5.41, 5.74) is 6.55. The van der Waals surface area contributed by atoms with E-state index in [0.29, 0.717) is 47.7 Å². The first-order chi connectivity index (χ1) is 15.4. The summed E-state index contributed by atoms with van der Waals surface area (Å²) in [7, 11) is 0. The fourth-order valence-electron chi connectivity index (χ4n) is 4.28. The number of benzene rings is 1. The van der Waals surface area contributed by atoms with Crippen molar-refractivity contribution in [2.45, 2.75) is 25.9 Å². The summed E-state index contributed by atoms with van der Waals surface area (Å²) >= 11 is 6.10. The number of amides is 1. The molecule has 9 nitrogen and oxygen atoms in total. The van der Waals surface area contributed by atoms with Crippen molar-refractivity contribution in [2.24, 2.45) is 5.92 Å². The van der Waals surface area contributed by atoms with Crippen LogP contribution in [-0.2, 0) is 9.53 Å². The molecule has 2 saturated heterocycles. The summed E-state index contributed by atoms with van der Waals surface area (Å²) in [5.74, 6) is -0.0793. The summed E-state index contributed by atoms with van der Waals surface area (Å²) in [5, 5.41) is 12.2. The number of rotatable bonds is 9. The van der Waals surface area contributed by atoms with Crippen LogP contribution in [0.4, 0.5) is 5.69 Å². The lowest BCUT2D eigenvalue weighted by Crippen LogP contribution is -2.49. The lowest BCUT2D eigenvalue weighted by Gasteiger charge is -2.37. The van der Waals surface area contributed by atoms with Gasteiger partial charge in [0.1, 0.15) is 5.75 Å². The Morgan fingerprint density at radius 3 is 2.72 bits per heavy atom. The predicted molar refractivity (Wildman–Crippen MR) is 122 cm³/mol. The average molecular weight is 469 g/mol. The van der Waals surface area contributed by atoms with E-state index in [4.69, 9.17) is 31.9 Å². The summed E-state index contributed by atoms with van der Waals surface area (Å²) in [4.78, 5) is 28.0. The standard InChI is InChI=1S/C22H33ClN4O5/c1-2-31-20-10-19(24)18(23)9-17(20)22(30)25-11-16-13-27(7-8-32-16)12-15-3-5-26(6-4-15)14-21(28)29/h9-10,15-16H,2-8,11-14,24H2,1H3,(H,25,30)(H,28,29). The van der Waals surface area contributed by atoms with E-state index >= 15 is 0 Å². The van der Waals surface area contributed by atoms with Crippen molar-refractivity contribution in [3.63, 3.8) is 0 Å². The van der Waals surface area contributed by atoms with Gasteiger partial charge in [-0.1, -0.05) is 11.6 Å². The fraction of sp³-hybridized carbons (Fsp3) is 0.636. The van der Waals surface area contributed by atoms with Gasteiger partial charge in [0.15, 0.2) is 0 Å². The van der Waals surface area contributed by atoms with Crippen molar-refractivity contribution >= 4 is 29.2 Å². The molecule has 10 heteroatoms. The number of carbonyl (C=O) groups is 2. The molecule has 0 saturated carbocycles. The van der Waals surface area contributed by atoms with Crippen molar-refractivity contribution in [3.8, 4) is 5.75 Å². The topological polar surface area (TPSA) is 117 Å². The number of carboxylic acids is 1. The third kappa shape index (κ3) is 6.96. The quantitative estimate of drug-likeness (QED) is 0.467. The molecule has 1 unspecified atom stereocenters. The van der Waals surface area contributed by atoms with Gasteiger partial charge in [-0.3, -0.25) is 19.4 Å². The molecular weight excluding hydrogens is 436 g/mol. The van der Waals surface area contributed by atoms with Crippen molar-refractivity contribution in [1.82, 2.24) is 15.1 Å². The maximum Gasteiger partial charge on any atom is 0.317 e. The van der Waals surface area contributed by atoms with Gasteiger partial charge in [0, 0.05) is 32.2 Å². The summed E-state index contributed by atoms with van der Waals surface area (Å²) < 4.78 is 11.4. The number of carboxylic acid groups (broad SMARTS) is 1. The van der Waals surface area contributed by atoms with Crippen LogP contribution in [0.2, 0.25) is 5.02 Å². The Balaban J connectivity index is 1.47. The zero-order valence-corrected chi connectivity index (χ0v) is 19.3. The number of morpholine rings is 1. The monoisotopic (exact) mass is 468 g/mol. The molecule has 2 heterocycles. The minimum Gasteiger partial charge on any atom is -0.493 e. The number of hydrogen-bond acceptors (Lipinski definition) is 7. The van der Waals surface area contributed by atoms with Crippen molar-refractivity contribution in [1.29, 1.82) is 0 Å². The SMILES string of the molecule is CCOc1cc(N)c(Cl)cc1C(=O)NCC1CN(CC2CCN(CC(=O)O)CC2)CCO1. The zero-order chi connectivity index (χ0) is 23.1. The third-order valence-corrected chi connectivity index (χ3v) is 6.27. The average Bonchev–Trinajstić information content (AvgIpc) is 2.76. The minimum absolute atomic E-state index is 0.0976. The number of likely N-dealkylation sites (tertiary alicyclic amines) is 1. The summed E-state index contributed by atoms with van der Waals surface area (Å²) in [6.07, 6.45) is 1.91. The number of nitrogens with one attached hydrogen (secondary N) is 1. The van der Waals surface area contributed by atoms with Crippen LogP contribution in [0, 0.1) is 5.92 Å². The van der Waals surface area contributed by atoms with Crippen LogP contribution in [0.3, 0.4) is 0 Å². The Morgan fingerprint density at radius 2 is 2.03 bits per heavy atom. The highest BCUT2D eigenvalue weighted by Crippen LogP contribution is 2.29. The Bertz CT molecular complexity index is 801. The number of carbonyl (C=O) groups excluding carboxylic acids is 1. The lowest BCUT2D eigenvalue weighted by molar-refractivity contribution is -0.138. The first-order valence-corrected chi connectivity index (χ1v) is 11.5. The number of halogens is 1. The molecule has 0 spiro atoms. The van der Waals surface area contributed by atoms with Gasteiger partial charge in [-0.2, -0.15) is 0 Å². The zero-order valence-electron chi connectivity index (χ0n) is 18.5. The molecule has 4 N–H and O–H groups in total. The molecule has 0 bridgehead atoms. The molecule has 32 heavy (non-hydrogen) atoms. The summed E-state index contributed by atoms with van der Waals surface area (Å²) in [6, 6.07) is 3.10. The largest absolute Gasteiger partial charge is 0.493 e. The normalized spacial score (nSPS) is 20.8. The number of piperidine rings is 1. The maximum atomic E-state index is 12.7. The molecule has 178 valence electrons. The smallest absolute Gasteiger partial charge is 0.317 e. The second-order valence-electron chi connectivity index (χ2n) is 8.38. The van der Waals surface area contributed by atoms with Crippen LogP contribution >= 0.6 is 11.6 Å². The van der Waals surface area contributed by atoms with Crippen LogP contribution in [-0.4, -0.2) is 91.9 Å². The van der Waals surface area contributed by atoms with Gasteiger partial charge in [-0.15, -0.1) is 0 Å². The van der Waals surface area contributed by atoms with Crippen LogP contribution < -0.4 is 15.8 Å². The highest BCUT2D eigenvalue weighted by molar-refractivity contribution is 6.33. The van der Waals surface area contributed by atoms with E-state index in [1.807, 2.05) is 11.8 Å². The Kier molecular flexibility index (Phi) is 8.98. The third-order valence-electron chi connectivity index (χ3n) is 5.94. The van der Waals surface area contributed by atoms with Gasteiger partial charge in [0.25, 0.3) is 5.91 Å². The molecule has 1 aromatic carbocycles. The number of ether oxygens (including phenoxy) is 2. The molecule has 0 radical (unpaired) electrons. The maximum absolute atomic E-state index is 12.7. The Labute approximate surface area is 193 Å². The van der Waals surface area contributed by atoms with Crippen LogP contribution in [0.1, 0.15) is 30.1 Å². The van der Waals surface area contributed by atoms with E-state index in [0.717, 1.165) is 45.6 Å². The molecule has 2 aliphatic heterocycles. The molecule has 0 aromatic heterocycles. The van der Waals surface area contributed by atoms with E-state index in [9.17, 15) is 9.59 Å². The first kappa shape index (κ1) is 24.6. The van der Waals surface area contributed by atoms with Crippen LogP contribution in [0.15, 0.2) is 12.1 Å². The first-order valence-electron chi connectivity index (χ1n) is 11.1. The highest BCUT2D eigenvalue weighted by Gasteiger charge is 2.27. The van der Waals surface area contributed by atoms with E-state index in [2.05, 4.69) is 10.2 Å². The number of nitrogen functional groups attached to an aromatic ring is 1. The number of aliphatic carboxylic acids is 1. The van der Waals surface area contributed by atoms with Crippen molar-refractivity contribution < 1.29 is 24.2 Å².